The van der Waals surface area contributed by atoms with Gasteiger partial charge in [0, 0.05) is 6.42 Å². The molecular weight excluding hydrogens is 343 g/mol. The summed E-state index contributed by atoms with van der Waals surface area (Å²) in [5.41, 5.74) is 0. The maximum Gasteiger partial charge on any atom is 1.00 e. The minimum atomic E-state index is -4.17. The largest absolute Gasteiger partial charge is 1.00 e. The van der Waals surface area contributed by atoms with Gasteiger partial charge >= 0.3 is 40.0 Å². The summed E-state index contributed by atoms with van der Waals surface area (Å²) in [6.45, 7) is 3.43. The Morgan fingerprint density at radius 1 is 0.917 bits per heavy atom. The van der Waals surface area contributed by atoms with Crippen molar-refractivity contribution >= 4 is 16.2 Å². The fourth-order valence-electron chi connectivity index (χ4n) is 2.02. The Morgan fingerprint density at radius 2 is 1.38 bits per heavy atom. The van der Waals surface area contributed by atoms with Crippen molar-refractivity contribution in [1.82, 2.24) is 0 Å². The molecule has 0 saturated heterocycles. The van der Waals surface area contributed by atoms with Crippen LogP contribution in [0.4, 0.5) is 0 Å². The van der Waals surface area contributed by atoms with E-state index >= 15 is 0 Å². The first-order chi connectivity index (χ1) is 10.9. The fourth-order valence-corrected chi connectivity index (χ4v) is 2.32. The number of carbonyl (C=O) groups is 1. The van der Waals surface area contributed by atoms with Crippen molar-refractivity contribution in [3.63, 3.8) is 0 Å². The third kappa shape index (κ3) is 30.4. The van der Waals surface area contributed by atoms with Crippen LogP contribution in [0.2, 0.25) is 0 Å². The summed E-state index contributed by atoms with van der Waals surface area (Å²) in [6, 6.07) is 0. The minimum Gasteiger partial charge on any atom is -0.854 e. The van der Waals surface area contributed by atoms with E-state index in [0.29, 0.717) is 6.42 Å². The van der Waals surface area contributed by atoms with Crippen LogP contribution in [0.1, 0.15) is 84.5 Å². The van der Waals surface area contributed by atoms with E-state index in [1.165, 1.54) is 51.9 Å². The number of unbranched alkanes of at least 4 members (excludes halogenated alkanes) is 8. The molecular formula is C16H33NaO6S. The molecule has 0 spiro atoms. The van der Waals surface area contributed by atoms with Gasteiger partial charge in [0.1, 0.15) is 5.78 Å². The smallest absolute Gasteiger partial charge is 0.854 e. The number of rotatable bonds is 14. The fraction of sp³-hybridized carbons (Fsp3) is 0.938. The summed E-state index contributed by atoms with van der Waals surface area (Å²) in [6.07, 6.45) is 12.3. The summed E-state index contributed by atoms with van der Waals surface area (Å²) < 4.78 is 30.7. The zero-order valence-electron chi connectivity index (χ0n) is 15.6. The normalized spacial score (nSPS) is 10.5. The van der Waals surface area contributed by atoms with Crippen LogP contribution >= 0.6 is 0 Å². The first-order valence-corrected chi connectivity index (χ1v) is 9.95. The van der Waals surface area contributed by atoms with Gasteiger partial charge in [-0.2, -0.15) is 8.42 Å². The zero-order valence-corrected chi connectivity index (χ0v) is 18.4. The van der Waals surface area contributed by atoms with Crippen molar-refractivity contribution in [2.45, 2.75) is 84.5 Å². The van der Waals surface area contributed by atoms with Gasteiger partial charge in [-0.05, 0) is 19.8 Å². The number of ketones is 1. The Morgan fingerprint density at radius 3 is 1.71 bits per heavy atom. The number of carbonyl (C=O) groups excluding carboxylic acids is 1. The number of hydrogen-bond donors (Lipinski definition) is 1. The SMILES string of the molecule is CCCCCCCCCCCC(=O)CC[O-].CCOS(=O)(=O)O.[Na+]. The van der Waals surface area contributed by atoms with Crippen LogP contribution in [0.15, 0.2) is 0 Å². The average Bonchev–Trinajstić information content (AvgIpc) is 2.45. The Hall–Kier alpha value is 0.500. The molecule has 0 aliphatic heterocycles. The van der Waals surface area contributed by atoms with Crippen LogP contribution < -0.4 is 34.7 Å². The van der Waals surface area contributed by atoms with E-state index in [-0.39, 0.29) is 55.0 Å². The van der Waals surface area contributed by atoms with E-state index in [4.69, 9.17) is 4.55 Å². The number of hydrogen-bond acceptors (Lipinski definition) is 5. The summed E-state index contributed by atoms with van der Waals surface area (Å²) in [7, 11) is -4.17. The van der Waals surface area contributed by atoms with Gasteiger partial charge in [0.05, 0.1) is 6.61 Å². The van der Waals surface area contributed by atoms with Crippen LogP contribution in [-0.4, -0.2) is 32.0 Å². The quantitative estimate of drug-likeness (QED) is 0.261. The summed E-state index contributed by atoms with van der Waals surface area (Å²) in [5.74, 6) is 0.151. The van der Waals surface area contributed by atoms with E-state index in [1.54, 1.807) is 0 Å². The second-order valence-corrected chi connectivity index (χ2v) is 6.50. The maximum atomic E-state index is 11.1. The second kappa shape index (κ2) is 21.5. The molecule has 140 valence electrons. The van der Waals surface area contributed by atoms with E-state index in [9.17, 15) is 18.3 Å². The molecule has 8 heteroatoms. The van der Waals surface area contributed by atoms with Gasteiger partial charge in [-0.15, -0.1) is 6.61 Å². The van der Waals surface area contributed by atoms with Crippen LogP contribution in [-0.2, 0) is 19.4 Å². The second-order valence-electron chi connectivity index (χ2n) is 5.41. The number of Topliss-reactive ketones (excluding diaryl/α,β-unsaturated/α-hetero) is 1. The van der Waals surface area contributed by atoms with E-state index < -0.39 is 10.4 Å². The van der Waals surface area contributed by atoms with Crippen molar-refractivity contribution < 1.29 is 56.6 Å². The Balaban J connectivity index is -0.000000468. The molecule has 0 fully saturated rings. The third-order valence-electron chi connectivity index (χ3n) is 3.21. The zero-order chi connectivity index (χ0) is 18.0. The van der Waals surface area contributed by atoms with Gasteiger partial charge < -0.3 is 5.11 Å². The van der Waals surface area contributed by atoms with Crippen molar-refractivity contribution in [2.75, 3.05) is 13.2 Å². The topological polar surface area (TPSA) is 104 Å². The standard InChI is InChI=1S/C14H27O2.C2H6O4S.Na/c1-2-3-4-5-6-7-8-9-10-11-14(16)12-13-15;1-2-6-7(3,4)5;/h2-13H2,1H3;2H2,1H3,(H,3,4,5);/q-1;;+1. The molecule has 0 amide bonds. The van der Waals surface area contributed by atoms with E-state index in [0.717, 1.165) is 12.8 Å². The Labute approximate surface area is 170 Å². The predicted octanol–water partition coefficient (Wildman–Crippen LogP) is 0.0565. The van der Waals surface area contributed by atoms with E-state index in [1.807, 2.05) is 0 Å². The molecule has 0 rings (SSSR count). The minimum absolute atomic E-state index is 0. The molecule has 0 bridgehead atoms. The Kier molecular flexibility index (Phi) is 26.3. The van der Waals surface area contributed by atoms with Crippen LogP contribution in [0, 0.1) is 0 Å². The molecule has 0 atom stereocenters. The van der Waals surface area contributed by atoms with Crippen LogP contribution in [0.5, 0.6) is 0 Å². The summed E-state index contributed by atoms with van der Waals surface area (Å²) >= 11 is 0. The Bertz CT molecular complexity index is 360. The van der Waals surface area contributed by atoms with Gasteiger partial charge in [0.2, 0.25) is 0 Å². The van der Waals surface area contributed by atoms with Crippen LogP contribution in [0.3, 0.4) is 0 Å². The monoisotopic (exact) mass is 376 g/mol. The molecule has 0 aliphatic carbocycles. The molecule has 0 aliphatic rings. The molecule has 0 saturated carbocycles. The van der Waals surface area contributed by atoms with Gasteiger partial charge in [-0.3, -0.25) is 9.35 Å². The molecule has 0 aromatic rings. The van der Waals surface area contributed by atoms with Crippen molar-refractivity contribution in [3.8, 4) is 0 Å². The van der Waals surface area contributed by atoms with Gasteiger partial charge in [-0.1, -0.05) is 58.3 Å². The molecule has 0 radical (unpaired) electrons. The molecule has 6 nitrogen and oxygen atoms in total. The van der Waals surface area contributed by atoms with Crippen molar-refractivity contribution in [1.29, 1.82) is 0 Å². The molecule has 0 unspecified atom stereocenters. The predicted molar refractivity (Wildman–Crippen MR) is 89.5 cm³/mol. The molecule has 24 heavy (non-hydrogen) atoms. The first-order valence-electron chi connectivity index (χ1n) is 8.59. The maximum absolute atomic E-state index is 11.1. The molecule has 0 aromatic carbocycles. The third-order valence-corrected chi connectivity index (χ3v) is 3.74. The van der Waals surface area contributed by atoms with Crippen LogP contribution in [0.25, 0.3) is 0 Å². The van der Waals surface area contributed by atoms with E-state index in [2.05, 4.69) is 11.1 Å². The molecule has 0 heterocycles. The van der Waals surface area contributed by atoms with Gasteiger partial charge in [0.15, 0.2) is 0 Å². The van der Waals surface area contributed by atoms with Crippen molar-refractivity contribution in [3.05, 3.63) is 0 Å². The van der Waals surface area contributed by atoms with Crippen molar-refractivity contribution in [2.24, 2.45) is 0 Å². The average molecular weight is 376 g/mol. The molecule has 0 aromatic heterocycles. The summed E-state index contributed by atoms with van der Waals surface area (Å²) in [5, 5.41) is 10.2. The van der Waals surface area contributed by atoms with Gasteiger partial charge in [-0.25, -0.2) is 4.18 Å². The summed E-state index contributed by atoms with van der Waals surface area (Å²) in [4.78, 5) is 11.1. The first kappa shape index (κ1) is 29.3. The van der Waals surface area contributed by atoms with Gasteiger partial charge in [0.25, 0.3) is 0 Å². The molecule has 1 N–H and O–H groups in total.